The third-order valence-corrected chi connectivity index (χ3v) is 4.56. The van der Waals surface area contributed by atoms with Gasteiger partial charge in [-0.1, -0.05) is 40.9 Å². The van der Waals surface area contributed by atoms with E-state index >= 15 is 0 Å². The van der Waals surface area contributed by atoms with Crippen LogP contribution in [0, 0.1) is 0 Å². The van der Waals surface area contributed by atoms with Crippen LogP contribution in [0.25, 0.3) is 11.2 Å². The van der Waals surface area contributed by atoms with Crippen LogP contribution < -0.4 is 0 Å². The Balaban J connectivity index is 1.52. The Morgan fingerprint density at radius 1 is 1.04 bits per heavy atom. The van der Waals surface area contributed by atoms with Crippen molar-refractivity contribution in [3.05, 3.63) is 75.1 Å². The zero-order valence-corrected chi connectivity index (χ0v) is 15.1. The van der Waals surface area contributed by atoms with Gasteiger partial charge in [0.1, 0.15) is 11.0 Å². The molecule has 3 heterocycles. The van der Waals surface area contributed by atoms with E-state index in [9.17, 15) is 0 Å². The Bertz CT molecular complexity index is 1050. The molecule has 126 valence electrons. The molecule has 1 N–H and O–H groups in total. The number of fused-ring (bicyclic) bond motifs is 1. The van der Waals surface area contributed by atoms with Gasteiger partial charge in [0.2, 0.25) is 0 Å². The SMILES string of the molecule is Clc1ccc(Cn2cnc(Cc3nc4nc(Cl)ccc4[nH]3)c2)c(Cl)c1. The van der Waals surface area contributed by atoms with Crippen LogP contribution >= 0.6 is 34.8 Å². The molecule has 0 amide bonds. The number of imidazole rings is 2. The van der Waals surface area contributed by atoms with Crippen molar-refractivity contribution in [2.45, 2.75) is 13.0 Å². The molecular formula is C17H12Cl3N5. The molecule has 25 heavy (non-hydrogen) atoms. The number of rotatable bonds is 4. The number of hydrogen-bond acceptors (Lipinski definition) is 3. The molecule has 0 bridgehead atoms. The minimum Gasteiger partial charge on any atom is -0.340 e. The quantitative estimate of drug-likeness (QED) is 0.510. The third-order valence-electron chi connectivity index (χ3n) is 3.76. The molecule has 3 aromatic heterocycles. The summed E-state index contributed by atoms with van der Waals surface area (Å²) in [5.74, 6) is 0.791. The normalized spacial score (nSPS) is 11.3. The standard InChI is InChI=1S/C17H12Cl3N5/c18-11-2-1-10(13(19)5-11)7-25-8-12(21-9-25)6-16-22-14-3-4-15(20)23-17(14)24-16/h1-5,8-9H,6-7H2,(H,22,23,24). The summed E-state index contributed by atoms with van der Waals surface area (Å²) in [6.45, 7) is 0.625. The highest BCUT2D eigenvalue weighted by atomic mass is 35.5. The molecule has 1 aromatic carbocycles. The molecule has 0 saturated heterocycles. The van der Waals surface area contributed by atoms with Crippen LogP contribution in [0.2, 0.25) is 15.2 Å². The monoisotopic (exact) mass is 391 g/mol. The van der Waals surface area contributed by atoms with Crippen molar-refractivity contribution in [2.24, 2.45) is 0 Å². The number of aromatic amines is 1. The molecule has 8 heteroatoms. The summed E-state index contributed by atoms with van der Waals surface area (Å²) in [6.07, 6.45) is 4.33. The third kappa shape index (κ3) is 3.63. The lowest BCUT2D eigenvalue weighted by atomic mass is 10.2. The van der Waals surface area contributed by atoms with Crippen molar-refractivity contribution < 1.29 is 0 Å². The van der Waals surface area contributed by atoms with Crippen LogP contribution in [0.15, 0.2) is 42.9 Å². The minimum atomic E-state index is 0.426. The molecule has 0 aliphatic heterocycles. The first kappa shape index (κ1) is 16.4. The average molecular weight is 393 g/mol. The van der Waals surface area contributed by atoms with Gasteiger partial charge in [0, 0.05) is 29.2 Å². The molecule has 4 aromatic rings. The van der Waals surface area contributed by atoms with Crippen LogP contribution in [0.1, 0.15) is 17.1 Å². The van der Waals surface area contributed by atoms with Crippen LogP contribution in [-0.2, 0) is 13.0 Å². The summed E-state index contributed by atoms with van der Waals surface area (Å²) >= 11 is 18.0. The maximum atomic E-state index is 6.22. The first-order valence-corrected chi connectivity index (χ1v) is 8.66. The summed E-state index contributed by atoms with van der Waals surface area (Å²) in [6, 6.07) is 9.08. The zero-order chi connectivity index (χ0) is 17.4. The second-order valence-corrected chi connectivity index (χ2v) is 6.87. The minimum absolute atomic E-state index is 0.426. The molecule has 0 radical (unpaired) electrons. The predicted molar refractivity (Wildman–Crippen MR) is 99.5 cm³/mol. The van der Waals surface area contributed by atoms with E-state index in [0.29, 0.717) is 33.8 Å². The highest BCUT2D eigenvalue weighted by Gasteiger charge is 2.09. The molecule has 0 aliphatic carbocycles. The first-order valence-electron chi connectivity index (χ1n) is 7.52. The maximum Gasteiger partial charge on any atom is 0.179 e. The highest BCUT2D eigenvalue weighted by Crippen LogP contribution is 2.22. The fraction of sp³-hybridized carbons (Fsp3) is 0.118. The van der Waals surface area contributed by atoms with Gasteiger partial charge in [0.15, 0.2) is 5.65 Å². The van der Waals surface area contributed by atoms with Gasteiger partial charge in [-0.3, -0.25) is 0 Å². The van der Waals surface area contributed by atoms with Crippen molar-refractivity contribution in [1.29, 1.82) is 0 Å². The van der Waals surface area contributed by atoms with Crippen molar-refractivity contribution in [2.75, 3.05) is 0 Å². The fourth-order valence-corrected chi connectivity index (χ4v) is 3.22. The van der Waals surface area contributed by atoms with E-state index in [0.717, 1.165) is 22.6 Å². The van der Waals surface area contributed by atoms with Crippen molar-refractivity contribution in [3.63, 3.8) is 0 Å². The second-order valence-electron chi connectivity index (χ2n) is 5.64. The van der Waals surface area contributed by atoms with E-state index < -0.39 is 0 Å². The van der Waals surface area contributed by atoms with E-state index in [1.807, 2.05) is 29.0 Å². The largest absolute Gasteiger partial charge is 0.340 e. The topological polar surface area (TPSA) is 59.4 Å². The van der Waals surface area contributed by atoms with E-state index in [1.165, 1.54) is 0 Å². The van der Waals surface area contributed by atoms with E-state index in [-0.39, 0.29) is 0 Å². The Kier molecular flexibility index (Phi) is 4.37. The lowest BCUT2D eigenvalue weighted by Gasteiger charge is -2.05. The molecule has 0 spiro atoms. The smallest absolute Gasteiger partial charge is 0.179 e. The molecular weight excluding hydrogens is 381 g/mol. The van der Waals surface area contributed by atoms with Gasteiger partial charge in [-0.05, 0) is 29.8 Å². The van der Waals surface area contributed by atoms with Crippen molar-refractivity contribution in [3.8, 4) is 0 Å². The van der Waals surface area contributed by atoms with Gasteiger partial charge < -0.3 is 9.55 Å². The van der Waals surface area contributed by atoms with E-state index in [1.54, 1.807) is 18.5 Å². The first-order chi connectivity index (χ1) is 12.1. The van der Waals surface area contributed by atoms with Gasteiger partial charge in [-0.25, -0.2) is 15.0 Å². The lowest BCUT2D eigenvalue weighted by molar-refractivity contribution is 0.796. The van der Waals surface area contributed by atoms with E-state index in [4.69, 9.17) is 34.8 Å². The van der Waals surface area contributed by atoms with E-state index in [2.05, 4.69) is 19.9 Å². The maximum absolute atomic E-state index is 6.22. The Morgan fingerprint density at radius 3 is 2.76 bits per heavy atom. The van der Waals surface area contributed by atoms with Crippen LogP contribution in [0.3, 0.4) is 0 Å². The summed E-state index contributed by atoms with van der Waals surface area (Å²) in [5, 5.41) is 1.69. The number of nitrogens with one attached hydrogen (secondary N) is 1. The van der Waals surface area contributed by atoms with Crippen LogP contribution in [0.5, 0.6) is 0 Å². The van der Waals surface area contributed by atoms with Gasteiger partial charge in [-0.2, -0.15) is 0 Å². The molecule has 5 nitrogen and oxygen atoms in total. The fourth-order valence-electron chi connectivity index (χ4n) is 2.61. The molecule has 0 atom stereocenters. The number of halogens is 3. The number of benzene rings is 1. The predicted octanol–water partition coefficient (Wildman–Crippen LogP) is 4.75. The number of pyridine rings is 1. The van der Waals surface area contributed by atoms with Crippen LogP contribution in [-0.4, -0.2) is 24.5 Å². The highest BCUT2D eigenvalue weighted by molar-refractivity contribution is 6.35. The van der Waals surface area contributed by atoms with Gasteiger partial charge in [0.05, 0.1) is 17.5 Å². The van der Waals surface area contributed by atoms with Crippen LogP contribution in [0.4, 0.5) is 0 Å². The average Bonchev–Trinajstić information content (AvgIpc) is 3.16. The number of nitrogens with zero attached hydrogens (tertiary/aromatic N) is 4. The molecule has 4 rings (SSSR count). The lowest BCUT2D eigenvalue weighted by Crippen LogP contribution is -1.97. The number of H-pyrrole nitrogens is 1. The summed E-state index contributed by atoms with van der Waals surface area (Å²) in [7, 11) is 0. The molecule has 0 aliphatic rings. The summed E-state index contributed by atoms with van der Waals surface area (Å²) in [4.78, 5) is 16.3. The van der Waals surface area contributed by atoms with Crippen molar-refractivity contribution in [1.82, 2.24) is 24.5 Å². The zero-order valence-electron chi connectivity index (χ0n) is 12.9. The Labute approximate surface area is 158 Å². The van der Waals surface area contributed by atoms with Gasteiger partial charge in [-0.15, -0.1) is 0 Å². The molecule has 0 unspecified atom stereocenters. The number of hydrogen-bond donors (Lipinski definition) is 1. The summed E-state index contributed by atoms with van der Waals surface area (Å²) in [5.41, 5.74) is 3.34. The Hall–Kier alpha value is -2.08. The molecule has 0 fully saturated rings. The summed E-state index contributed by atoms with van der Waals surface area (Å²) < 4.78 is 1.97. The molecule has 0 saturated carbocycles. The van der Waals surface area contributed by atoms with Gasteiger partial charge >= 0.3 is 0 Å². The van der Waals surface area contributed by atoms with Gasteiger partial charge in [0.25, 0.3) is 0 Å². The number of aromatic nitrogens is 5. The Morgan fingerprint density at radius 2 is 1.92 bits per heavy atom. The second kappa shape index (κ2) is 6.67. The van der Waals surface area contributed by atoms with Crippen molar-refractivity contribution >= 4 is 46.0 Å².